The molecule has 1 saturated heterocycles. The number of ether oxygens (including phenoxy) is 1. The highest BCUT2D eigenvalue weighted by Crippen LogP contribution is 2.21. The lowest BCUT2D eigenvalue weighted by atomic mass is 9.97. The minimum atomic E-state index is 0.584. The first-order valence-electron chi connectivity index (χ1n) is 7.77. The molecule has 2 rings (SSSR count). The van der Waals surface area contributed by atoms with Crippen LogP contribution in [0, 0.1) is 5.92 Å². The molecular weight excluding hydrogens is 248 g/mol. The molecule has 0 aromatic heterocycles. The summed E-state index contributed by atoms with van der Waals surface area (Å²) in [5.41, 5.74) is 7.96. The summed E-state index contributed by atoms with van der Waals surface area (Å²) in [6.07, 6.45) is 3.73. The van der Waals surface area contributed by atoms with Gasteiger partial charge in [0.2, 0.25) is 0 Å². The molecule has 112 valence electrons. The molecule has 0 amide bonds. The van der Waals surface area contributed by atoms with Crippen LogP contribution in [0.25, 0.3) is 0 Å². The second kappa shape index (κ2) is 7.65. The Hall–Kier alpha value is -1.06. The maximum Gasteiger partial charge on any atom is 0.0506 e. The molecule has 0 saturated carbocycles. The zero-order valence-corrected chi connectivity index (χ0v) is 12.8. The molecule has 3 nitrogen and oxygen atoms in total. The number of nitrogens with zero attached hydrogens (tertiary/aromatic N) is 1. The Labute approximate surface area is 123 Å². The molecule has 0 aliphatic carbocycles. The van der Waals surface area contributed by atoms with E-state index < -0.39 is 0 Å². The average Bonchev–Trinajstić information content (AvgIpc) is 2.46. The summed E-state index contributed by atoms with van der Waals surface area (Å²) in [4.78, 5) is 2.45. The fourth-order valence-corrected chi connectivity index (χ4v) is 2.89. The van der Waals surface area contributed by atoms with E-state index in [0.29, 0.717) is 5.92 Å². The van der Waals surface area contributed by atoms with Crippen LogP contribution in [0.15, 0.2) is 24.3 Å². The summed E-state index contributed by atoms with van der Waals surface area (Å²) in [6, 6.07) is 8.29. The minimum absolute atomic E-state index is 0.584. The van der Waals surface area contributed by atoms with Crippen LogP contribution in [0.3, 0.4) is 0 Å². The van der Waals surface area contributed by atoms with Gasteiger partial charge in [-0.3, -0.25) is 0 Å². The molecule has 2 N–H and O–H groups in total. The third kappa shape index (κ3) is 4.80. The van der Waals surface area contributed by atoms with E-state index in [0.717, 1.165) is 37.9 Å². The Kier molecular flexibility index (Phi) is 5.86. The van der Waals surface area contributed by atoms with Gasteiger partial charge in [-0.2, -0.15) is 0 Å². The number of benzene rings is 1. The van der Waals surface area contributed by atoms with Crippen molar-refractivity contribution in [3.05, 3.63) is 29.8 Å². The van der Waals surface area contributed by atoms with Gasteiger partial charge < -0.3 is 15.4 Å². The van der Waals surface area contributed by atoms with Crippen molar-refractivity contribution in [2.75, 3.05) is 39.1 Å². The van der Waals surface area contributed by atoms with Crippen molar-refractivity contribution in [2.45, 2.75) is 32.1 Å². The van der Waals surface area contributed by atoms with E-state index in [-0.39, 0.29) is 0 Å². The van der Waals surface area contributed by atoms with Crippen molar-refractivity contribution in [1.82, 2.24) is 4.90 Å². The maximum absolute atomic E-state index is 5.73. The summed E-state index contributed by atoms with van der Waals surface area (Å²) in [6.45, 7) is 6.49. The predicted molar refractivity (Wildman–Crippen MR) is 84.9 cm³/mol. The Bertz CT molecular complexity index is 384. The summed E-state index contributed by atoms with van der Waals surface area (Å²) in [7, 11) is 2.23. The molecule has 1 aliphatic rings. The number of nitrogen functional groups attached to an aromatic ring is 1. The number of hydrogen-bond acceptors (Lipinski definition) is 3. The molecule has 0 spiro atoms. The van der Waals surface area contributed by atoms with Crippen LogP contribution in [-0.2, 0) is 4.74 Å². The number of hydrogen-bond donors (Lipinski definition) is 1. The second-order valence-electron chi connectivity index (χ2n) is 6.20. The van der Waals surface area contributed by atoms with Crippen molar-refractivity contribution in [3.8, 4) is 0 Å². The van der Waals surface area contributed by atoms with Gasteiger partial charge in [-0.15, -0.1) is 0 Å². The van der Waals surface area contributed by atoms with E-state index in [1.54, 1.807) is 0 Å². The summed E-state index contributed by atoms with van der Waals surface area (Å²) in [5.74, 6) is 1.31. The summed E-state index contributed by atoms with van der Waals surface area (Å²) >= 11 is 0. The summed E-state index contributed by atoms with van der Waals surface area (Å²) < 4.78 is 5.55. The molecule has 1 aromatic carbocycles. The molecular formula is C17H28N2O. The van der Waals surface area contributed by atoms with Crippen LogP contribution in [0.5, 0.6) is 0 Å². The van der Waals surface area contributed by atoms with E-state index in [1.807, 2.05) is 12.1 Å². The van der Waals surface area contributed by atoms with Gasteiger partial charge in [-0.25, -0.2) is 0 Å². The zero-order chi connectivity index (χ0) is 14.4. The van der Waals surface area contributed by atoms with Crippen LogP contribution in [-0.4, -0.2) is 38.3 Å². The van der Waals surface area contributed by atoms with Crippen LogP contribution >= 0.6 is 0 Å². The topological polar surface area (TPSA) is 38.5 Å². The van der Waals surface area contributed by atoms with Gasteiger partial charge in [0.1, 0.15) is 0 Å². The molecule has 2 atom stereocenters. The largest absolute Gasteiger partial charge is 0.399 e. The van der Waals surface area contributed by atoms with Crippen molar-refractivity contribution < 1.29 is 4.74 Å². The van der Waals surface area contributed by atoms with Gasteiger partial charge in [0, 0.05) is 18.8 Å². The predicted octanol–water partition coefficient (Wildman–Crippen LogP) is 3.12. The highest BCUT2D eigenvalue weighted by Gasteiger charge is 2.16. The van der Waals surface area contributed by atoms with E-state index in [2.05, 4.69) is 31.0 Å². The van der Waals surface area contributed by atoms with Crippen LogP contribution in [0.1, 0.15) is 37.7 Å². The van der Waals surface area contributed by atoms with Crippen molar-refractivity contribution >= 4 is 5.69 Å². The number of nitrogens with two attached hydrogens (primary N) is 1. The number of anilines is 1. The number of rotatable bonds is 6. The molecule has 0 radical (unpaired) electrons. The third-order valence-electron chi connectivity index (χ3n) is 4.27. The van der Waals surface area contributed by atoms with E-state index in [4.69, 9.17) is 10.5 Å². The first-order chi connectivity index (χ1) is 9.65. The van der Waals surface area contributed by atoms with Crippen molar-refractivity contribution in [2.24, 2.45) is 5.92 Å². The Morgan fingerprint density at radius 3 is 2.75 bits per heavy atom. The molecule has 1 aromatic rings. The van der Waals surface area contributed by atoms with Gasteiger partial charge in [0.05, 0.1) is 6.61 Å². The van der Waals surface area contributed by atoms with Gasteiger partial charge in [-0.05, 0) is 62.4 Å². The summed E-state index contributed by atoms with van der Waals surface area (Å²) in [5, 5.41) is 0. The van der Waals surface area contributed by atoms with E-state index >= 15 is 0 Å². The van der Waals surface area contributed by atoms with Gasteiger partial charge in [0.25, 0.3) is 0 Å². The quantitative estimate of drug-likeness (QED) is 0.811. The Balaban J connectivity index is 1.71. The first kappa shape index (κ1) is 15.3. The monoisotopic (exact) mass is 276 g/mol. The van der Waals surface area contributed by atoms with Gasteiger partial charge >= 0.3 is 0 Å². The second-order valence-corrected chi connectivity index (χ2v) is 6.20. The third-order valence-corrected chi connectivity index (χ3v) is 4.27. The minimum Gasteiger partial charge on any atom is -0.399 e. The average molecular weight is 276 g/mol. The molecule has 20 heavy (non-hydrogen) atoms. The lowest BCUT2D eigenvalue weighted by Crippen LogP contribution is -2.31. The first-order valence-corrected chi connectivity index (χ1v) is 7.77. The molecule has 2 unspecified atom stereocenters. The standard InChI is InChI=1S/C17H28N2O/c1-14(16-5-7-17(18)8-6-16)9-10-19(2)12-15-4-3-11-20-13-15/h5-8,14-15H,3-4,9-13,18H2,1-2H3. The fourth-order valence-electron chi connectivity index (χ4n) is 2.89. The molecule has 1 fully saturated rings. The van der Waals surface area contributed by atoms with Crippen LogP contribution in [0.2, 0.25) is 0 Å². The molecule has 3 heteroatoms. The molecule has 1 heterocycles. The lowest BCUT2D eigenvalue weighted by molar-refractivity contribution is 0.0418. The van der Waals surface area contributed by atoms with Crippen LogP contribution in [0.4, 0.5) is 5.69 Å². The van der Waals surface area contributed by atoms with Gasteiger partial charge in [-0.1, -0.05) is 19.1 Å². The van der Waals surface area contributed by atoms with E-state index in [1.165, 1.54) is 24.8 Å². The van der Waals surface area contributed by atoms with Gasteiger partial charge in [0.15, 0.2) is 0 Å². The van der Waals surface area contributed by atoms with E-state index in [9.17, 15) is 0 Å². The SMILES string of the molecule is CC(CCN(C)CC1CCCOC1)c1ccc(N)cc1. The smallest absolute Gasteiger partial charge is 0.0506 e. The maximum atomic E-state index is 5.73. The zero-order valence-electron chi connectivity index (χ0n) is 12.8. The normalized spacial score (nSPS) is 21.1. The molecule has 0 bridgehead atoms. The van der Waals surface area contributed by atoms with Crippen molar-refractivity contribution in [3.63, 3.8) is 0 Å². The van der Waals surface area contributed by atoms with Crippen LogP contribution < -0.4 is 5.73 Å². The fraction of sp³-hybridized carbons (Fsp3) is 0.647. The highest BCUT2D eigenvalue weighted by molar-refractivity contribution is 5.40. The lowest BCUT2D eigenvalue weighted by Gasteiger charge is -2.27. The Morgan fingerprint density at radius 1 is 1.35 bits per heavy atom. The Morgan fingerprint density at radius 2 is 2.10 bits per heavy atom. The van der Waals surface area contributed by atoms with Crippen molar-refractivity contribution in [1.29, 1.82) is 0 Å². The molecule has 1 aliphatic heterocycles. The highest BCUT2D eigenvalue weighted by atomic mass is 16.5.